The van der Waals surface area contributed by atoms with E-state index in [-0.39, 0.29) is 5.91 Å². The summed E-state index contributed by atoms with van der Waals surface area (Å²) in [6.07, 6.45) is 3.43. The molecule has 0 fully saturated rings. The quantitative estimate of drug-likeness (QED) is 0.415. The molecule has 8 heteroatoms. The zero-order valence-corrected chi connectivity index (χ0v) is 19.3. The largest absolute Gasteiger partial charge is 0.325 e. The van der Waals surface area contributed by atoms with Crippen LogP contribution in [0.5, 0.6) is 0 Å². The third kappa shape index (κ3) is 4.94. The molecule has 0 saturated carbocycles. The van der Waals surface area contributed by atoms with Crippen molar-refractivity contribution < 1.29 is 4.79 Å². The van der Waals surface area contributed by atoms with Gasteiger partial charge in [-0.15, -0.1) is 10.2 Å². The fraction of sp³-hybridized carbons (Fsp3) is 0.160. The molecule has 7 nitrogen and oxygen atoms in total. The number of benzene rings is 2. The van der Waals surface area contributed by atoms with E-state index < -0.39 is 5.25 Å². The topological polar surface area (TPSA) is 96.5 Å². The average Bonchev–Trinajstić information content (AvgIpc) is 3.25. The molecule has 1 atom stereocenters. The standard InChI is InChI=1S/C25H22N6OS/c1-16-7-8-22(13-17(16)2)31-23(20-9-11-27-12-10-20)29-30-25(31)33-18(3)24(32)28-21-6-4-5-19(14-21)15-26/h4-14,18H,1-3H3,(H,28,32). The molecule has 1 N–H and O–H groups in total. The Balaban J connectivity index is 1.65. The van der Waals surface area contributed by atoms with Gasteiger partial charge in [-0.1, -0.05) is 23.9 Å². The summed E-state index contributed by atoms with van der Waals surface area (Å²) < 4.78 is 1.96. The highest BCUT2D eigenvalue weighted by Gasteiger charge is 2.22. The van der Waals surface area contributed by atoms with Crippen LogP contribution in [0.15, 0.2) is 72.1 Å². The number of amides is 1. The Bertz CT molecular complexity index is 1340. The first kappa shape index (κ1) is 22.2. The maximum Gasteiger partial charge on any atom is 0.237 e. The van der Waals surface area contributed by atoms with E-state index in [0.29, 0.717) is 22.2 Å². The van der Waals surface area contributed by atoms with Gasteiger partial charge >= 0.3 is 0 Å². The number of aryl methyl sites for hydroxylation is 2. The van der Waals surface area contributed by atoms with Gasteiger partial charge in [0.1, 0.15) is 0 Å². The Kier molecular flexibility index (Phi) is 6.52. The van der Waals surface area contributed by atoms with E-state index in [1.807, 2.05) is 29.7 Å². The van der Waals surface area contributed by atoms with Gasteiger partial charge in [-0.25, -0.2) is 0 Å². The number of carbonyl (C=O) groups excluding carboxylic acids is 1. The second-order valence-electron chi connectivity index (χ2n) is 7.59. The number of anilines is 1. The summed E-state index contributed by atoms with van der Waals surface area (Å²) in [5.74, 6) is 0.493. The van der Waals surface area contributed by atoms with Crippen molar-refractivity contribution in [2.24, 2.45) is 0 Å². The van der Waals surface area contributed by atoms with Crippen LogP contribution in [0.4, 0.5) is 5.69 Å². The van der Waals surface area contributed by atoms with Crippen molar-refractivity contribution in [1.29, 1.82) is 5.26 Å². The Labute approximate surface area is 196 Å². The molecular weight excluding hydrogens is 432 g/mol. The summed E-state index contributed by atoms with van der Waals surface area (Å²) in [7, 11) is 0. The molecule has 2 aromatic carbocycles. The van der Waals surface area contributed by atoms with Gasteiger partial charge in [-0.2, -0.15) is 5.26 Å². The third-order valence-corrected chi connectivity index (χ3v) is 6.27. The van der Waals surface area contributed by atoms with Crippen LogP contribution < -0.4 is 5.32 Å². The lowest BCUT2D eigenvalue weighted by atomic mass is 10.1. The van der Waals surface area contributed by atoms with E-state index >= 15 is 0 Å². The van der Waals surface area contributed by atoms with Crippen LogP contribution in [0.25, 0.3) is 17.1 Å². The minimum atomic E-state index is -0.449. The lowest BCUT2D eigenvalue weighted by Crippen LogP contribution is -2.23. The number of nitrogens with zero attached hydrogens (tertiary/aromatic N) is 5. The Morgan fingerprint density at radius 3 is 2.58 bits per heavy atom. The fourth-order valence-electron chi connectivity index (χ4n) is 3.25. The number of thioether (sulfide) groups is 1. The number of nitriles is 1. The highest BCUT2D eigenvalue weighted by Crippen LogP contribution is 2.31. The summed E-state index contributed by atoms with van der Waals surface area (Å²) in [5.41, 5.74) is 5.23. The zero-order chi connectivity index (χ0) is 23.4. The maximum absolute atomic E-state index is 12.9. The molecule has 0 saturated heterocycles. The van der Waals surface area contributed by atoms with Crippen molar-refractivity contribution >= 4 is 23.4 Å². The average molecular weight is 455 g/mol. The molecule has 2 aromatic heterocycles. The van der Waals surface area contributed by atoms with Crippen molar-refractivity contribution in [2.45, 2.75) is 31.2 Å². The molecule has 4 aromatic rings. The molecule has 0 radical (unpaired) electrons. The summed E-state index contributed by atoms with van der Waals surface area (Å²) in [4.78, 5) is 17.0. The van der Waals surface area contributed by atoms with E-state index in [0.717, 1.165) is 16.8 Å². The highest BCUT2D eigenvalue weighted by molar-refractivity contribution is 8.00. The number of hydrogen-bond acceptors (Lipinski definition) is 6. The Hall–Kier alpha value is -3.96. The molecule has 0 aliphatic carbocycles. The SMILES string of the molecule is Cc1ccc(-n2c(SC(C)C(=O)Nc3cccc(C#N)c3)nnc2-c2ccncc2)cc1C. The predicted molar refractivity (Wildman–Crippen MR) is 129 cm³/mol. The molecule has 2 heterocycles. The van der Waals surface area contributed by atoms with Crippen LogP contribution in [0.2, 0.25) is 0 Å². The first-order valence-electron chi connectivity index (χ1n) is 10.4. The van der Waals surface area contributed by atoms with Crippen molar-refractivity contribution in [3.05, 3.63) is 83.7 Å². The lowest BCUT2D eigenvalue weighted by molar-refractivity contribution is -0.115. The molecule has 0 bridgehead atoms. The minimum absolute atomic E-state index is 0.185. The molecule has 1 amide bonds. The van der Waals surface area contributed by atoms with Crippen LogP contribution in [0.1, 0.15) is 23.6 Å². The number of rotatable bonds is 6. The van der Waals surface area contributed by atoms with Gasteiger partial charge in [-0.3, -0.25) is 14.3 Å². The zero-order valence-electron chi connectivity index (χ0n) is 18.5. The number of pyridine rings is 1. The monoisotopic (exact) mass is 454 g/mol. The van der Waals surface area contributed by atoms with Crippen molar-refractivity contribution in [1.82, 2.24) is 19.7 Å². The molecule has 4 rings (SSSR count). The summed E-state index contributed by atoms with van der Waals surface area (Å²) in [6, 6.07) is 18.9. The van der Waals surface area contributed by atoms with E-state index in [2.05, 4.69) is 52.5 Å². The van der Waals surface area contributed by atoms with Crippen LogP contribution in [0.3, 0.4) is 0 Å². The van der Waals surface area contributed by atoms with Gasteiger partial charge in [-0.05, 0) is 74.4 Å². The minimum Gasteiger partial charge on any atom is -0.325 e. The fourth-order valence-corrected chi connectivity index (χ4v) is 4.12. The molecule has 0 aliphatic heterocycles. The number of hydrogen-bond donors (Lipinski definition) is 1. The van der Waals surface area contributed by atoms with E-state index in [4.69, 9.17) is 5.26 Å². The first-order chi connectivity index (χ1) is 16.0. The smallest absolute Gasteiger partial charge is 0.237 e. The van der Waals surface area contributed by atoms with Gasteiger partial charge in [0.15, 0.2) is 11.0 Å². The highest BCUT2D eigenvalue weighted by atomic mass is 32.2. The van der Waals surface area contributed by atoms with Gasteiger partial charge in [0.2, 0.25) is 5.91 Å². The molecular formula is C25H22N6OS. The summed E-state index contributed by atoms with van der Waals surface area (Å²) >= 11 is 1.32. The lowest BCUT2D eigenvalue weighted by Gasteiger charge is -2.15. The Morgan fingerprint density at radius 2 is 1.85 bits per heavy atom. The third-order valence-electron chi connectivity index (χ3n) is 5.23. The molecule has 1 unspecified atom stereocenters. The molecule has 33 heavy (non-hydrogen) atoms. The first-order valence-corrected chi connectivity index (χ1v) is 11.3. The second kappa shape index (κ2) is 9.67. The number of carbonyl (C=O) groups is 1. The molecule has 164 valence electrons. The molecule has 0 spiro atoms. The second-order valence-corrected chi connectivity index (χ2v) is 8.90. The van der Waals surface area contributed by atoms with Crippen LogP contribution in [-0.4, -0.2) is 30.9 Å². The van der Waals surface area contributed by atoms with Crippen molar-refractivity contribution in [3.63, 3.8) is 0 Å². The van der Waals surface area contributed by atoms with E-state index in [9.17, 15) is 4.79 Å². The number of nitrogens with one attached hydrogen (secondary N) is 1. The van der Waals surface area contributed by atoms with E-state index in [1.165, 1.54) is 17.3 Å². The van der Waals surface area contributed by atoms with Gasteiger partial charge < -0.3 is 5.32 Å². The summed E-state index contributed by atoms with van der Waals surface area (Å²) in [6.45, 7) is 5.95. The summed E-state index contributed by atoms with van der Waals surface area (Å²) in [5, 5.41) is 21.0. The van der Waals surface area contributed by atoms with Crippen molar-refractivity contribution in [2.75, 3.05) is 5.32 Å². The van der Waals surface area contributed by atoms with Gasteiger partial charge in [0, 0.05) is 23.6 Å². The van der Waals surface area contributed by atoms with Crippen LogP contribution in [-0.2, 0) is 4.79 Å². The van der Waals surface area contributed by atoms with Gasteiger partial charge in [0.25, 0.3) is 0 Å². The number of aromatic nitrogens is 4. The van der Waals surface area contributed by atoms with E-state index in [1.54, 1.807) is 36.7 Å². The Morgan fingerprint density at radius 1 is 1.06 bits per heavy atom. The predicted octanol–water partition coefficient (Wildman–Crippen LogP) is 4.94. The van der Waals surface area contributed by atoms with Crippen molar-refractivity contribution in [3.8, 4) is 23.1 Å². The molecule has 0 aliphatic rings. The maximum atomic E-state index is 12.9. The normalized spacial score (nSPS) is 11.6. The van der Waals surface area contributed by atoms with Gasteiger partial charge in [0.05, 0.1) is 22.6 Å². The van der Waals surface area contributed by atoms with Crippen LogP contribution in [0, 0.1) is 25.2 Å². The van der Waals surface area contributed by atoms with Crippen LogP contribution >= 0.6 is 11.8 Å².